The Morgan fingerprint density at radius 3 is 2.68 bits per heavy atom. The fourth-order valence-corrected chi connectivity index (χ4v) is 3.89. The summed E-state index contributed by atoms with van der Waals surface area (Å²) in [6.45, 7) is 3.03. The molecule has 0 radical (unpaired) electrons. The first-order chi connectivity index (χ1) is 12.2. The molecule has 3 rings (SSSR count). The number of methoxy groups -OCH3 is 1. The largest absolute Gasteiger partial charge is 0.496 e. The Kier molecular flexibility index (Phi) is 6.09. The summed E-state index contributed by atoms with van der Waals surface area (Å²) in [6.07, 6.45) is 4.57. The molecule has 130 valence electrons. The maximum absolute atomic E-state index is 5.46. The van der Waals surface area contributed by atoms with Crippen molar-refractivity contribution >= 4 is 27.7 Å². The molecule has 7 heteroatoms. The minimum atomic E-state index is 0.765. The number of aromatic nitrogens is 4. The van der Waals surface area contributed by atoms with Crippen LogP contribution in [0.15, 0.2) is 52.4 Å². The standard InChI is InChI=1S/C18H19BrN4OS/c1-3-10-23-17(13-6-8-20-9-7-13)21-22-18(23)25-12-14-11-15(19)4-5-16(14)24-2/h4-9,11H,3,10,12H2,1-2H3. The van der Waals surface area contributed by atoms with Crippen molar-refractivity contribution < 1.29 is 4.74 Å². The predicted molar refractivity (Wildman–Crippen MR) is 104 cm³/mol. The molecule has 0 aliphatic heterocycles. The molecular formula is C18H19BrN4OS. The summed E-state index contributed by atoms with van der Waals surface area (Å²) in [5, 5.41) is 9.72. The van der Waals surface area contributed by atoms with Gasteiger partial charge in [-0.25, -0.2) is 0 Å². The number of hydrogen-bond donors (Lipinski definition) is 0. The van der Waals surface area contributed by atoms with Gasteiger partial charge in [0.25, 0.3) is 0 Å². The SMILES string of the molecule is CCCn1c(SCc2cc(Br)ccc2OC)nnc1-c1ccncc1. The van der Waals surface area contributed by atoms with E-state index >= 15 is 0 Å². The molecule has 0 bridgehead atoms. The highest BCUT2D eigenvalue weighted by Crippen LogP contribution is 2.31. The van der Waals surface area contributed by atoms with Crippen molar-refractivity contribution in [3.63, 3.8) is 0 Å². The van der Waals surface area contributed by atoms with E-state index in [1.54, 1.807) is 31.3 Å². The smallest absolute Gasteiger partial charge is 0.191 e. The lowest BCUT2D eigenvalue weighted by Gasteiger charge is -2.11. The molecule has 0 aliphatic rings. The molecule has 0 saturated carbocycles. The van der Waals surface area contributed by atoms with E-state index in [9.17, 15) is 0 Å². The topological polar surface area (TPSA) is 52.8 Å². The van der Waals surface area contributed by atoms with Crippen molar-refractivity contribution in [2.45, 2.75) is 30.8 Å². The van der Waals surface area contributed by atoms with Crippen molar-refractivity contribution in [1.29, 1.82) is 0 Å². The first-order valence-electron chi connectivity index (χ1n) is 8.01. The average molecular weight is 419 g/mol. The van der Waals surface area contributed by atoms with Crippen molar-refractivity contribution in [1.82, 2.24) is 19.7 Å². The lowest BCUT2D eigenvalue weighted by Crippen LogP contribution is -2.02. The Morgan fingerprint density at radius 2 is 1.96 bits per heavy atom. The van der Waals surface area contributed by atoms with Crippen LogP contribution in [0.4, 0.5) is 0 Å². The van der Waals surface area contributed by atoms with Crippen LogP contribution in [0.2, 0.25) is 0 Å². The first kappa shape index (κ1) is 17.9. The molecule has 2 aromatic heterocycles. The summed E-state index contributed by atoms with van der Waals surface area (Å²) in [5.74, 6) is 2.53. The van der Waals surface area contributed by atoms with Crippen LogP contribution < -0.4 is 4.74 Å². The van der Waals surface area contributed by atoms with E-state index in [1.165, 1.54) is 0 Å². The van der Waals surface area contributed by atoms with E-state index in [2.05, 4.69) is 48.7 Å². The number of rotatable bonds is 7. The zero-order valence-corrected chi connectivity index (χ0v) is 16.5. The number of ether oxygens (including phenoxy) is 1. The third-order valence-electron chi connectivity index (χ3n) is 3.70. The molecule has 2 heterocycles. The third-order valence-corrected chi connectivity index (χ3v) is 5.21. The van der Waals surface area contributed by atoms with Gasteiger partial charge in [-0.05, 0) is 36.8 Å². The molecule has 0 N–H and O–H groups in total. The van der Waals surface area contributed by atoms with Gasteiger partial charge in [-0.2, -0.15) is 0 Å². The number of thioether (sulfide) groups is 1. The monoisotopic (exact) mass is 418 g/mol. The number of pyridine rings is 1. The number of nitrogens with zero attached hydrogens (tertiary/aromatic N) is 4. The Morgan fingerprint density at radius 1 is 1.16 bits per heavy atom. The lowest BCUT2D eigenvalue weighted by molar-refractivity contribution is 0.411. The van der Waals surface area contributed by atoms with Crippen LogP contribution in [-0.2, 0) is 12.3 Å². The summed E-state index contributed by atoms with van der Waals surface area (Å²) >= 11 is 5.19. The fourth-order valence-electron chi connectivity index (χ4n) is 2.54. The first-order valence-corrected chi connectivity index (χ1v) is 9.79. The molecule has 0 saturated heterocycles. The molecule has 0 unspecified atom stereocenters. The van der Waals surface area contributed by atoms with Crippen molar-refractivity contribution in [3.05, 3.63) is 52.8 Å². The highest BCUT2D eigenvalue weighted by Gasteiger charge is 2.15. The van der Waals surface area contributed by atoms with Crippen molar-refractivity contribution in [2.75, 3.05) is 7.11 Å². The third kappa shape index (κ3) is 4.22. The van der Waals surface area contributed by atoms with Gasteiger partial charge >= 0.3 is 0 Å². The normalized spacial score (nSPS) is 10.8. The van der Waals surface area contributed by atoms with Crippen molar-refractivity contribution in [2.24, 2.45) is 0 Å². The molecule has 5 nitrogen and oxygen atoms in total. The van der Waals surface area contributed by atoms with E-state index in [1.807, 2.05) is 24.3 Å². The van der Waals surface area contributed by atoms with Crippen LogP contribution in [0, 0.1) is 0 Å². The van der Waals surface area contributed by atoms with Crippen molar-refractivity contribution in [3.8, 4) is 17.1 Å². The van der Waals surface area contributed by atoms with Gasteiger partial charge in [0.1, 0.15) is 5.75 Å². The van der Waals surface area contributed by atoms with Crippen LogP contribution in [0.3, 0.4) is 0 Å². The predicted octanol–water partition coefficient (Wildman–Crippen LogP) is 4.81. The van der Waals surface area contributed by atoms with Gasteiger partial charge in [-0.1, -0.05) is 34.6 Å². The summed E-state index contributed by atoms with van der Waals surface area (Å²) < 4.78 is 8.67. The maximum atomic E-state index is 5.46. The molecule has 0 atom stereocenters. The van der Waals surface area contributed by atoms with Gasteiger partial charge in [-0.15, -0.1) is 10.2 Å². The van der Waals surface area contributed by atoms with Gasteiger partial charge < -0.3 is 9.30 Å². The molecular weight excluding hydrogens is 400 g/mol. The van der Waals surface area contributed by atoms with E-state index in [0.717, 1.165) is 51.0 Å². The van der Waals surface area contributed by atoms with Crippen LogP contribution in [0.1, 0.15) is 18.9 Å². The molecule has 0 amide bonds. The minimum Gasteiger partial charge on any atom is -0.496 e. The highest BCUT2D eigenvalue weighted by atomic mass is 79.9. The second-order valence-corrected chi connectivity index (χ2v) is 7.30. The second-order valence-electron chi connectivity index (χ2n) is 5.44. The van der Waals surface area contributed by atoms with Gasteiger partial charge in [-0.3, -0.25) is 4.98 Å². The van der Waals surface area contributed by atoms with Gasteiger partial charge in [0.15, 0.2) is 11.0 Å². The average Bonchev–Trinajstić information content (AvgIpc) is 3.04. The maximum Gasteiger partial charge on any atom is 0.191 e. The fraction of sp³-hybridized carbons (Fsp3) is 0.278. The number of benzene rings is 1. The summed E-state index contributed by atoms with van der Waals surface area (Å²) in [4.78, 5) is 4.08. The van der Waals surface area contributed by atoms with E-state index in [4.69, 9.17) is 4.74 Å². The van der Waals surface area contributed by atoms with Crippen LogP contribution in [0.5, 0.6) is 5.75 Å². The Hall–Kier alpha value is -1.86. The number of hydrogen-bond acceptors (Lipinski definition) is 5. The Bertz CT molecular complexity index is 838. The summed E-state index contributed by atoms with van der Waals surface area (Å²) in [6, 6.07) is 9.95. The van der Waals surface area contributed by atoms with Crippen LogP contribution in [0.25, 0.3) is 11.4 Å². The van der Waals surface area contributed by atoms with Crippen LogP contribution in [-0.4, -0.2) is 26.9 Å². The zero-order chi connectivity index (χ0) is 17.6. The quantitative estimate of drug-likeness (QED) is 0.515. The lowest BCUT2D eigenvalue weighted by atomic mass is 10.2. The van der Waals surface area contributed by atoms with E-state index in [-0.39, 0.29) is 0 Å². The number of halogens is 1. The van der Waals surface area contributed by atoms with E-state index in [0.29, 0.717) is 0 Å². The van der Waals surface area contributed by atoms with Gasteiger partial charge in [0.05, 0.1) is 7.11 Å². The summed E-state index contributed by atoms with van der Waals surface area (Å²) in [5.41, 5.74) is 2.15. The second kappa shape index (κ2) is 8.49. The molecule has 0 spiro atoms. The molecule has 0 aliphatic carbocycles. The van der Waals surface area contributed by atoms with E-state index < -0.39 is 0 Å². The molecule has 0 fully saturated rings. The zero-order valence-electron chi connectivity index (χ0n) is 14.1. The Labute approximate surface area is 160 Å². The summed E-state index contributed by atoms with van der Waals surface area (Å²) in [7, 11) is 1.69. The van der Waals surface area contributed by atoms with Crippen LogP contribution >= 0.6 is 27.7 Å². The molecule has 3 aromatic rings. The van der Waals surface area contributed by atoms with Gasteiger partial charge in [0.2, 0.25) is 0 Å². The van der Waals surface area contributed by atoms with Gasteiger partial charge in [0, 0.05) is 40.3 Å². The highest BCUT2D eigenvalue weighted by molar-refractivity contribution is 9.10. The minimum absolute atomic E-state index is 0.765. The molecule has 25 heavy (non-hydrogen) atoms. The molecule has 1 aromatic carbocycles. The Balaban J connectivity index is 1.86.